The number of aromatic nitrogens is 4. The van der Waals surface area contributed by atoms with Gasteiger partial charge in [-0.3, -0.25) is 9.78 Å². The molecule has 0 atom stereocenters. The zero-order valence-corrected chi connectivity index (χ0v) is 17.3. The highest BCUT2D eigenvalue weighted by Crippen LogP contribution is 2.29. The van der Waals surface area contributed by atoms with Crippen LogP contribution in [0.3, 0.4) is 0 Å². The van der Waals surface area contributed by atoms with Crippen LogP contribution in [0.5, 0.6) is 5.75 Å². The Labute approximate surface area is 162 Å². The summed E-state index contributed by atoms with van der Waals surface area (Å²) in [5, 5.41) is 4.84. The highest BCUT2D eigenvalue weighted by molar-refractivity contribution is 7.98. The third-order valence-corrected chi connectivity index (χ3v) is 5.07. The smallest absolute Gasteiger partial charge is 0.263 e. The van der Waals surface area contributed by atoms with Crippen molar-refractivity contribution >= 4 is 28.7 Å². The quantitative estimate of drug-likeness (QED) is 0.678. The number of fused-ring (bicyclic) bond motifs is 1. The van der Waals surface area contributed by atoms with Gasteiger partial charge in [0.05, 0.1) is 18.8 Å². The average Bonchev–Trinajstić information content (AvgIpc) is 3.06. The molecule has 27 heavy (non-hydrogen) atoms. The standard InChI is InChI=1S/C19H25N5O2S/c1-19(2,3)24-16-13(10-20-24)17(25)22-18(21-16)23(4)11-12-7-8-15(27-6)14(9-12)26-5/h7-10H,11H2,1-6H3,(H,21,22,25). The molecule has 0 spiro atoms. The number of anilines is 1. The fraction of sp³-hybridized carbons (Fsp3) is 0.421. The minimum absolute atomic E-state index is 0.187. The summed E-state index contributed by atoms with van der Waals surface area (Å²) >= 11 is 1.64. The number of nitrogens with zero attached hydrogens (tertiary/aromatic N) is 4. The van der Waals surface area contributed by atoms with Crippen LogP contribution in [0, 0.1) is 0 Å². The van der Waals surface area contributed by atoms with E-state index in [1.54, 1.807) is 29.8 Å². The first-order valence-electron chi connectivity index (χ1n) is 8.65. The van der Waals surface area contributed by atoms with Gasteiger partial charge in [0, 0.05) is 18.5 Å². The molecule has 3 rings (SSSR count). The van der Waals surface area contributed by atoms with Crippen molar-refractivity contribution in [2.45, 2.75) is 37.8 Å². The summed E-state index contributed by atoms with van der Waals surface area (Å²) in [5.74, 6) is 1.35. The topological polar surface area (TPSA) is 76.0 Å². The van der Waals surface area contributed by atoms with Crippen LogP contribution in [0.15, 0.2) is 34.1 Å². The van der Waals surface area contributed by atoms with E-state index < -0.39 is 0 Å². The second-order valence-corrected chi connectivity index (χ2v) is 8.25. The van der Waals surface area contributed by atoms with Crippen LogP contribution in [-0.2, 0) is 12.1 Å². The van der Waals surface area contributed by atoms with Gasteiger partial charge in [-0.05, 0) is 44.7 Å². The second-order valence-electron chi connectivity index (χ2n) is 7.40. The van der Waals surface area contributed by atoms with Crippen molar-refractivity contribution in [3.63, 3.8) is 0 Å². The number of thioether (sulfide) groups is 1. The first-order valence-corrected chi connectivity index (χ1v) is 9.87. The summed E-state index contributed by atoms with van der Waals surface area (Å²) < 4.78 is 7.24. The van der Waals surface area contributed by atoms with Crippen molar-refractivity contribution in [3.8, 4) is 5.75 Å². The molecule has 0 aliphatic rings. The molecular weight excluding hydrogens is 362 g/mol. The summed E-state index contributed by atoms with van der Waals surface area (Å²) in [6.45, 7) is 6.69. The Bertz CT molecular complexity index is 1020. The van der Waals surface area contributed by atoms with E-state index in [1.807, 2.05) is 51.1 Å². The minimum atomic E-state index is -0.264. The lowest BCUT2D eigenvalue weighted by Gasteiger charge is -2.21. The van der Waals surface area contributed by atoms with Gasteiger partial charge in [0.1, 0.15) is 11.1 Å². The Balaban J connectivity index is 1.96. The van der Waals surface area contributed by atoms with Crippen LogP contribution in [0.4, 0.5) is 5.95 Å². The molecule has 0 aliphatic carbocycles. The largest absolute Gasteiger partial charge is 0.496 e. The molecule has 7 nitrogen and oxygen atoms in total. The minimum Gasteiger partial charge on any atom is -0.496 e. The monoisotopic (exact) mass is 387 g/mol. The zero-order chi connectivity index (χ0) is 19.8. The number of H-pyrrole nitrogens is 1. The third kappa shape index (κ3) is 3.80. The third-order valence-electron chi connectivity index (χ3n) is 4.29. The van der Waals surface area contributed by atoms with Crippen LogP contribution >= 0.6 is 11.8 Å². The molecule has 144 valence electrons. The molecule has 1 N–H and O–H groups in total. The first-order chi connectivity index (χ1) is 12.7. The maximum Gasteiger partial charge on any atom is 0.263 e. The van der Waals surface area contributed by atoms with Gasteiger partial charge in [-0.25, -0.2) is 4.68 Å². The van der Waals surface area contributed by atoms with Gasteiger partial charge >= 0.3 is 0 Å². The van der Waals surface area contributed by atoms with Gasteiger partial charge in [0.2, 0.25) is 5.95 Å². The SMILES string of the molecule is COc1cc(CN(C)c2nc3c(cnn3C(C)(C)C)c(=O)[nH]2)ccc1SC. The maximum absolute atomic E-state index is 12.5. The van der Waals surface area contributed by atoms with Gasteiger partial charge in [-0.15, -0.1) is 11.8 Å². The Morgan fingerprint density at radius 3 is 2.70 bits per heavy atom. The van der Waals surface area contributed by atoms with Gasteiger partial charge in [0.25, 0.3) is 5.56 Å². The van der Waals surface area contributed by atoms with Crippen LogP contribution in [0.1, 0.15) is 26.3 Å². The predicted molar refractivity (Wildman–Crippen MR) is 110 cm³/mol. The molecule has 3 aromatic rings. The van der Waals surface area contributed by atoms with Gasteiger partial charge in [0.15, 0.2) is 5.65 Å². The van der Waals surface area contributed by atoms with Crippen LogP contribution in [0.2, 0.25) is 0 Å². The van der Waals surface area contributed by atoms with E-state index in [0.717, 1.165) is 16.2 Å². The second kappa shape index (κ2) is 7.26. The van der Waals surface area contributed by atoms with E-state index >= 15 is 0 Å². The van der Waals surface area contributed by atoms with Gasteiger partial charge in [-0.2, -0.15) is 10.1 Å². The highest BCUT2D eigenvalue weighted by Gasteiger charge is 2.20. The van der Waals surface area contributed by atoms with E-state index in [2.05, 4.69) is 21.1 Å². The molecule has 0 radical (unpaired) electrons. The lowest BCUT2D eigenvalue weighted by molar-refractivity contribution is 0.366. The van der Waals surface area contributed by atoms with Gasteiger partial charge < -0.3 is 9.64 Å². The maximum atomic E-state index is 12.5. The van der Waals surface area contributed by atoms with Gasteiger partial charge in [-0.1, -0.05) is 6.07 Å². The fourth-order valence-electron chi connectivity index (χ4n) is 2.91. The molecule has 0 unspecified atom stereocenters. The summed E-state index contributed by atoms with van der Waals surface area (Å²) in [5.41, 5.74) is 1.20. The number of hydrogen-bond acceptors (Lipinski definition) is 6. The molecule has 0 fully saturated rings. The van der Waals surface area contributed by atoms with Crippen LogP contribution in [-0.4, -0.2) is 40.2 Å². The predicted octanol–water partition coefficient (Wildman–Crippen LogP) is 3.24. The molecule has 1 aromatic carbocycles. The molecule has 2 heterocycles. The Hall–Kier alpha value is -2.48. The lowest BCUT2D eigenvalue weighted by atomic mass is 10.1. The summed E-state index contributed by atoms with van der Waals surface area (Å²) in [6.07, 6.45) is 3.59. The average molecular weight is 388 g/mol. The first kappa shape index (κ1) is 19.3. The molecule has 0 aliphatic heterocycles. The molecule has 0 amide bonds. The van der Waals surface area contributed by atoms with Crippen LogP contribution < -0.4 is 15.2 Å². The van der Waals surface area contributed by atoms with E-state index in [9.17, 15) is 4.79 Å². The normalized spacial score (nSPS) is 11.8. The molecule has 8 heteroatoms. The van der Waals surface area contributed by atoms with Crippen molar-refractivity contribution in [3.05, 3.63) is 40.3 Å². The summed E-state index contributed by atoms with van der Waals surface area (Å²) in [6, 6.07) is 6.11. The van der Waals surface area contributed by atoms with Crippen molar-refractivity contribution < 1.29 is 4.74 Å². The van der Waals surface area contributed by atoms with Crippen molar-refractivity contribution in [1.29, 1.82) is 0 Å². The number of hydrogen-bond donors (Lipinski definition) is 1. The number of benzene rings is 1. The zero-order valence-electron chi connectivity index (χ0n) is 16.5. The van der Waals surface area contributed by atoms with Crippen molar-refractivity contribution in [2.75, 3.05) is 25.3 Å². The fourth-order valence-corrected chi connectivity index (χ4v) is 3.45. The molecule has 0 saturated heterocycles. The number of methoxy groups -OCH3 is 1. The van der Waals surface area contributed by atoms with Crippen molar-refractivity contribution in [2.24, 2.45) is 0 Å². The van der Waals surface area contributed by atoms with E-state index in [1.165, 1.54) is 0 Å². The molecule has 0 bridgehead atoms. The highest BCUT2D eigenvalue weighted by atomic mass is 32.2. The summed E-state index contributed by atoms with van der Waals surface area (Å²) in [4.78, 5) is 23.0. The number of aromatic amines is 1. The van der Waals surface area contributed by atoms with E-state index in [-0.39, 0.29) is 11.1 Å². The lowest BCUT2D eigenvalue weighted by Crippen LogP contribution is -2.26. The Morgan fingerprint density at radius 1 is 1.33 bits per heavy atom. The van der Waals surface area contributed by atoms with Crippen molar-refractivity contribution in [1.82, 2.24) is 19.7 Å². The summed E-state index contributed by atoms with van der Waals surface area (Å²) in [7, 11) is 3.57. The van der Waals surface area contributed by atoms with Crippen LogP contribution in [0.25, 0.3) is 11.0 Å². The molecule has 2 aromatic heterocycles. The number of ether oxygens (including phenoxy) is 1. The molecule has 0 saturated carbocycles. The number of nitrogens with one attached hydrogen (secondary N) is 1. The molecular formula is C19H25N5O2S. The Morgan fingerprint density at radius 2 is 2.07 bits per heavy atom. The van der Waals surface area contributed by atoms with E-state index in [0.29, 0.717) is 23.5 Å². The Kier molecular flexibility index (Phi) is 5.19. The van der Waals surface area contributed by atoms with E-state index in [4.69, 9.17) is 4.74 Å². The number of rotatable bonds is 5.